The molecule has 4 rings (SSSR count). The van der Waals surface area contributed by atoms with Gasteiger partial charge in [-0.3, -0.25) is 19.2 Å². The Labute approximate surface area is 276 Å². The zero-order valence-corrected chi connectivity index (χ0v) is 27.8. The number of piperidine rings is 1. The fourth-order valence-electron chi connectivity index (χ4n) is 4.87. The summed E-state index contributed by atoms with van der Waals surface area (Å²) in [4.78, 5) is 51.5. The Morgan fingerprint density at radius 3 is 2.26 bits per heavy atom. The number of esters is 1. The van der Waals surface area contributed by atoms with Crippen LogP contribution in [-0.2, 0) is 20.5 Å². The molecule has 1 aromatic heterocycles. The van der Waals surface area contributed by atoms with Gasteiger partial charge < -0.3 is 20.3 Å². The molecule has 3 aromatic rings. The molecule has 1 saturated heterocycles. The SMILES string of the molecule is COC(=O)[C@H](C)NP(=O)(Oc1ccccc1)N1CCC(NC(=O)c2nn(C(=O)[C@H](C)N)cc2CC(=O)c2c(Cl)cccc2Cl)CC1. The first-order valence-electron chi connectivity index (χ1n) is 14.4. The van der Waals surface area contributed by atoms with Gasteiger partial charge in [-0.15, -0.1) is 0 Å². The summed E-state index contributed by atoms with van der Waals surface area (Å²) < 4.78 is 27.4. The number of hydrogen-bond acceptors (Lipinski definition) is 9. The van der Waals surface area contributed by atoms with Gasteiger partial charge in [0.05, 0.1) is 28.8 Å². The summed E-state index contributed by atoms with van der Waals surface area (Å²) in [6, 6.07) is 11.0. The monoisotopic (exact) mass is 692 g/mol. The number of amides is 1. The zero-order valence-electron chi connectivity index (χ0n) is 25.4. The second kappa shape index (κ2) is 15.3. The van der Waals surface area contributed by atoms with Gasteiger partial charge in [0.25, 0.3) is 11.8 Å². The van der Waals surface area contributed by atoms with E-state index in [1.54, 1.807) is 41.1 Å². The van der Waals surface area contributed by atoms with Crippen molar-refractivity contribution in [3.63, 3.8) is 0 Å². The van der Waals surface area contributed by atoms with Gasteiger partial charge in [0.1, 0.15) is 11.8 Å². The molecular weight excluding hydrogens is 658 g/mol. The van der Waals surface area contributed by atoms with Crippen molar-refractivity contribution in [3.05, 3.63) is 81.6 Å². The Balaban J connectivity index is 1.50. The van der Waals surface area contributed by atoms with Gasteiger partial charge >= 0.3 is 13.6 Å². The molecule has 0 aliphatic carbocycles. The minimum atomic E-state index is -3.79. The third kappa shape index (κ3) is 8.41. The molecule has 4 N–H and O–H groups in total. The van der Waals surface area contributed by atoms with Crippen molar-refractivity contribution in [2.24, 2.45) is 5.73 Å². The Kier molecular flexibility index (Phi) is 11.8. The average molecular weight is 694 g/mol. The molecule has 246 valence electrons. The second-order valence-electron chi connectivity index (χ2n) is 10.8. The Bertz CT molecular complexity index is 1620. The van der Waals surface area contributed by atoms with Crippen LogP contribution in [0.4, 0.5) is 0 Å². The lowest BCUT2D eigenvalue weighted by atomic mass is 10.0. The molecule has 3 atom stereocenters. The van der Waals surface area contributed by atoms with Crippen molar-refractivity contribution in [1.29, 1.82) is 0 Å². The van der Waals surface area contributed by atoms with Crippen LogP contribution in [0.15, 0.2) is 54.7 Å². The molecule has 0 bridgehead atoms. The summed E-state index contributed by atoms with van der Waals surface area (Å²) in [6.07, 6.45) is 1.73. The molecule has 2 aromatic carbocycles. The lowest BCUT2D eigenvalue weighted by Gasteiger charge is -2.37. The number of nitrogens with two attached hydrogens (primary N) is 1. The number of halogens is 2. The summed E-state index contributed by atoms with van der Waals surface area (Å²) in [5.74, 6) is -1.90. The standard InChI is InChI=1S/C30H35Cl2N6O7P/c1-18(33)29(41)38-17-20(16-25(39)26-23(31)10-7-11-24(26)32)27(35-38)28(40)34-21-12-14-37(15-13-21)46(43,36-19(2)30(42)44-3)45-22-8-5-4-6-9-22/h4-11,17-19,21H,12-16,33H2,1-3H3,(H,34,40)(H,36,43)/t18-,19-,46?/m0/s1. The zero-order chi connectivity index (χ0) is 33.6. The Morgan fingerprint density at radius 2 is 1.67 bits per heavy atom. The topological polar surface area (TPSA) is 175 Å². The highest BCUT2D eigenvalue weighted by molar-refractivity contribution is 7.54. The van der Waals surface area contributed by atoms with E-state index in [1.165, 1.54) is 39.3 Å². The molecule has 2 heterocycles. The molecular formula is C30H35Cl2N6O7P. The third-order valence-electron chi connectivity index (χ3n) is 7.28. The first-order valence-corrected chi connectivity index (χ1v) is 16.8. The number of Topliss-reactive ketones (excluding diaryl/α,β-unsaturated/α-hetero) is 1. The molecule has 0 saturated carbocycles. The first-order chi connectivity index (χ1) is 21.8. The summed E-state index contributed by atoms with van der Waals surface area (Å²) in [5, 5.41) is 10.2. The van der Waals surface area contributed by atoms with Gasteiger partial charge in [-0.05, 0) is 51.0 Å². The van der Waals surface area contributed by atoms with Crippen LogP contribution in [0.5, 0.6) is 5.75 Å². The lowest BCUT2D eigenvalue weighted by Crippen LogP contribution is -2.47. The predicted octanol–water partition coefficient (Wildman–Crippen LogP) is 4.14. The first kappa shape index (κ1) is 35.3. The number of ether oxygens (including phenoxy) is 1. The Morgan fingerprint density at radius 1 is 1.04 bits per heavy atom. The number of carbonyl (C=O) groups excluding carboxylic acids is 4. The molecule has 0 spiro atoms. The summed E-state index contributed by atoms with van der Waals surface area (Å²) >= 11 is 12.4. The number of para-hydroxylation sites is 1. The number of carbonyl (C=O) groups is 4. The summed E-state index contributed by atoms with van der Waals surface area (Å²) in [6.45, 7) is 3.48. The number of aromatic nitrogens is 2. The van der Waals surface area contributed by atoms with Gasteiger partial charge in [-0.2, -0.15) is 5.10 Å². The average Bonchev–Trinajstić information content (AvgIpc) is 3.44. The normalized spacial score (nSPS) is 16.6. The van der Waals surface area contributed by atoms with Gasteiger partial charge in [-0.25, -0.2) is 19.0 Å². The van der Waals surface area contributed by atoms with E-state index in [2.05, 4.69) is 15.5 Å². The highest BCUT2D eigenvalue weighted by atomic mass is 35.5. The van der Waals surface area contributed by atoms with E-state index in [0.29, 0.717) is 18.6 Å². The fraction of sp³-hybridized carbons (Fsp3) is 0.367. The summed E-state index contributed by atoms with van der Waals surface area (Å²) in [5.41, 5.74) is 5.91. The quantitative estimate of drug-likeness (QED) is 0.141. The molecule has 1 aliphatic rings. The second-order valence-corrected chi connectivity index (χ2v) is 13.6. The van der Waals surface area contributed by atoms with Crippen LogP contribution in [0.3, 0.4) is 0 Å². The van der Waals surface area contributed by atoms with E-state index < -0.39 is 43.3 Å². The third-order valence-corrected chi connectivity index (χ3v) is 10.2. The van der Waals surface area contributed by atoms with Crippen LogP contribution in [0.2, 0.25) is 10.0 Å². The summed E-state index contributed by atoms with van der Waals surface area (Å²) in [7, 11) is -2.55. The number of nitrogens with one attached hydrogen (secondary N) is 2. The van der Waals surface area contributed by atoms with Gasteiger partial charge in [-0.1, -0.05) is 47.5 Å². The number of rotatable bonds is 12. The van der Waals surface area contributed by atoms with Gasteiger partial charge in [0.2, 0.25) is 0 Å². The molecule has 1 amide bonds. The van der Waals surface area contributed by atoms with E-state index in [4.69, 9.17) is 38.2 Å². The maximum Gasteiger partial charge on any atom is 0.393 e. The van der Waals surface area contributed by atoms with Crippen molar-refractivity contribution in [2.75, 3.05) is 20.2 Å². The molecule has 13 nitrogen and oxygen atoms in total. The van der Waals surface area contributed by atoms with Crippen LogP contribution in [0.1, 0.15) is 57.9 Å². The minimum absolute atomic E-state index is 0.0908. The largest absolute Gasteiger partial charge is 0.468 e. The Hall–Kier alpha value is -3.58. The van der Waals surface area contributed by atoms with E-state index in [9.17, 15) is 23.7 Å². The van der Waals surface area contributed by atoms with Crippen molar-refractivity contribution in [1.82, 2.24) is 24.9 Å². The van der Waals surface area contributed by atoms with Crippen LogP contribution in [-0.4, -0.2) is 76.3 Å². The predicted molar refractivity (Wildman–Crippen MR) is 172 cm³/mol. The molecule has 16 heteroatoms. The van der Waals surface area contributed by atoms with Crippen molar-refractivity contribution in [3.8, 4) is 5.75 Å². The number of methoxy groups -OCH3 is 1. The van der Waals surface area contributed by atoms with E-state index in [-0.39, 0.29) is 52.4 Å². The van der Waals surface area contributed by atoms with E-state index in [0.717, 1.165) is 4.68 Å². The van der Waals surface area contributed by atoms with Crippen LogP contribution < -0.4 is 20.7 Å². The number of ketones is 1. The van der Waals surface area contributed by atoms with Gasteiger partial charge in [0.15, 0.2) is 11.5 Å². The van der Waals surface area contributed by atoms with Crippen molar-refractivity contribution >= 4 is 54.4 Å². The minimum Gasteiger partial charge on any atom is -0.468 e. The molecule has 46 heavy (non-hydrogen) atoms. The molecule has 1 aliphatic heterocycles. The van der Waals surface area contributed by atoms with Crippen LogP contribution in [0, 0.1) is 0 Å². The lowest BCUT2D eigenvalue weighted by molar-refractivity contribution is -0.142. The van der Waals surface area contributed by atoms with Gasteiger partial charge in [0, 0.05) is 37.3 Å². The number of hydrogen-bond donors (Lipinski definition) is 3. The van der Waals surface area contributed by atoms with E-state index >= 15 is 0 Å². The highest BCUT2D eigenvalue weighted by Crippen LogP contribution is 2.48. The van der Waals surface area contributed by atoms with Crippen LogP contribution >= 0.6 is 30.9 Å². The van der Waals surface area contributed by atoms with Crippen molar-refractivity contribution in [2.45, 2.75) is 51.2 Å². The number of nitrogens with zero attached hydrogens (tertiary/aromatic N) is 3. The molecule has 1 fully saturated rings. The highest BCUT2D eigenvalue weighted by Gasteiger charge is 2.39. The number of benzene rings is 2. The molecule has 1 unspecified atom stereocenters. The van der Waals surface area contributed by atoms with Crippen LogP contribution in [0.25, 0.3) is 0 Å². The molecule has 0 radical (unpaired) electrons. The smallest absolute Gasteiger partial charge is 0.393 e. The fourth-order valence-corrected chi connectivity index (χ4v) is 7.57. The van der Waals surface area contributed by atoms with Crippen molar-refractivity contribution < 1.29 is 33.0 Å². The maximum atomic E-state index is 14.1. The maximum absolute atomic E-state index is 14.1. The van der Waals surface area contributed by atoms with E-state index in [1.807, 2.05) is 0 Å².